The first kappa shape index (κ1) is 14.7. The number of methoxy groups -OCH3 is 1. The standard InChI is InChI=1S/C20H18N2O2/c1-13-3-5-14(6-4-13)20(23)22-10-9-16-11-15-7-8-17(24-2)12-18(15)21-19(16)22/h3-8,11-12H,9-10H2,1-2H3. The first-order valence-corrected chi connectivity index (χ1v) is 8.02. The molecule has 1 aromatic heterocycles. The Balaban J connectivity index is 1.75. The minimum Gasteiger partial charge on any atom is -0.497 e. The van der Waals surface area contributed by atoms with Gasteiger partial charge in [-0.25, -0.2) is 4.98 Å². The summed E-state index contributed by atoms with van der Waals surface area (Å²) in [4.78, 5) is 19.4. The van der Waals surface area contributed by atoms with E-state index >= 15 is 0 Å². The Hall–Kier alpha value is -2.88. The van der Waals surface area contributed by atoms with Gasteiger partial charge in [-0.1, -0.05) is 17.7 Å². The molecule has 2 heterocycles. The molecule has 0 saturated carbocycles. The predicted molar refractivity (Wildman–Crippen MR) is 94.9 cm³/mol. The molecule has 0 spiro atoms. The fourth-order valence-corrected chi connectivity index (χ4v) is 3.11. The average Bonchev–Trinajstić information content (AvgIpc) is 3.02. The van der Waals surface area contributed by atoms with Crippen LogP contribution in [0, 0.1) is 6.92 Å². The van der Waals surface area contributed by atoms with Crippen molar-refractivity contribution in [3.63, 3.8) is 0 Å². The summed E-state index contributed by atoms with van der Waals surface area (Å²) in [7, 11) is 1.64. The van der Waals surface area contributed by atoms with Crippen molar-refractivity contribution >= 4 is 22.6 Å². The van der Waals surface area contributed by atoms with Gasteiger partial charge in [-0.2, -0.15) is 0 Å². The first-order chi connectivity index (χ1) is 11.7. The molecular weight excluding hydrogens is 300 g/mol. The molecule has 4 rings (SSSR count). The van der Waals surface area contributed by atoms with Crippen LogP contribution in [0.25, 0.3) is 10.9 Å². The summed E-state index contributed by atoms with van der Waals surface area (Å²) < 4.78 is 5.28. The monoisotopic (exact) mass is 318 g/mol. The van der Waals surface area contributed by atoms with Gasteiger partial charge < -0.3 is 4.74 Å². The van der Waals surface area contributed by atoms with E-state index in [0.717, 1.165) is 40.0 Å². The largest absolute Gasteiger partial charge is 0.497 e. The zero-order valence-electron chi connectivity index (χ0n) is 13.7. The van der Waals surface area contributed by atoms with Gasteiger partial charge in [0.1, 0.15) is 11.6 Å². The van der Waals surface area contributed by atoms with Crippen molar-refractivity contribution in [3.8, 4) is 5.75 Å². The highest BCUT2D eigenvalue weighted by atomic mass is 16.5. The Morgan fingerprint density at radius 2 is 1.92 bits per heavy atom. The first-order valence-electron chi connectivity index (χ1n) is 8.02. The zero-order valence-corrected chi connectivity index (χ0v) is 13.7. The average molecular weight is 318 g/mol. The van der Waals surface area contributed by atoms with E-state index in [1.807, 2.05) is 49.4 Å². The van der Waals surface area contributed by atoms with E-state index in [9.17, 15) is 4.79 Å². The highest BCUT2D eigenvalue weighted by molar-refractivity contribution is 6.07. The van der Waals surface area contributed by atoms with E-state index in [0.29, 0.717) is 12.1 Å². The summed E-state index contributed by atoms with van der Waals surface area (Å²) in [6.07, 6.45) is 0.835. The van der Waals surface area contributed by atoms with Gasteiger partial charge in [-0.3, -0.25) is 9.69 Å². The van der Waals surface area contributed by atoms with Crippen LogP contribution in [0.5, 0.6) is 5.75 Å². The lowest BCUT2D eigenvalue weighted by molar-refractivity contribution is 0.0989. The van der Waals surface area contributed by atoms with Crippen molar-refractivity contribution in [2.45, 2.75) is 13.3 Å². The lowest BCUT2D eigenvalue weighted by Crippen LogP contribution is -2.29. The summed E-state index contributed by atoms with van der Waals surface area (Å²) in [6.45, 7) is 2.68. The minimum absolute atomic E-state index is 0.00324. The SMILES string of the molecule is COc1ccc2cc3c(nc2c1)N(C(=O)c1ccc(C)cc1)CC3. The molecule has 120 valence electrons. The molecule has 0 N–H and O–H groups in total. The number of benzene rings is 2. The van der Waals surface area contributed by atoms with Gasteiger partial charge in [0, 0.05) is 23.6 Å². The number of rotatable bonds is 2. The molecule has 4 nitrogen and oxygen atoms in total. The van der Waals surface area contributed by atoms with Crippen LogP contribution in [0.3, 0.4) is 0 Å². The number of ether oxygens (including phenoxy) is 1. The molecule has 1 amide bonds. The predicted octanol–water partition coefficient (Wildman–Crippen LogP) is 3.75. The number of fused-ring (bicyclic) bond motifs is 2. The number of nitrogens with zero attached hydrogens (tertiary/aromatic N) is 2. The van der Waals surface area contributed by atoms with Crippen molar-refractivity contribution in [1.29, 1.82) is 0 Å². The second kappa shape index (κ2) is 5.64. The van der Waals surface area contributed by atoms with Gasteiger partial charge in [0.05, 0.1) is 12.6 Å². The number of amides is 1. The van der Waals surface area contributed by atoms with Gasteiger partial charge in [0.15, 0.2) is 0 Å². The van der Waals surface area contributed by atoms with E-state index in [1.165, 1.54) is 0 Å². The molecule has 0 radical (unpaired) electrons. The number of hydrogen-bond donors (Lipinski definition) is 0. The number of pyridine rings is 1. The Bertz CT molecular complexity index is 932. The fraction of sp³-hybridized carbons (Fsp3) is 0.200. The van der Waals surface area contributed by atoms with E-state index in [2.05, 4.69) is 6.07 Å². The maximum absolute atomic E-state index is 12.8. The van der Waals surface area contributed by atoms with E-state index in [-0.39, 0.29) is 5.91 Å². The summed E-state index contributed by atoms with van der Waals surface area (Å²) >= 11 is 0. The normalized spacial score (nSPS) is 13.2. The Morgan fingerprint density at radius 1 is 1.12 bits per heavy atom. The van der Waals surface area contributed by atoms with Crippen molar-refractivity contribution in [2.75, 3.05) is 18.6 Å². The molecule has 0 aliphatic carbocycles. The molecular formula is C20H18N2O2. The number of aromatic nitrogens is 1. The van der Waals surface area contributed by atoms with Crippen LogP contribution in [0.2, 0.25) is 0 Å². The molecule has 0 atom stereocenters. The molecule has 0 unspecified atom stereocenters. The topological polar surface area (TPSA) is 42.4 Å². The maximum atomic E-state index is 12.8. The van der Waals surface area contributed by atoms with E-state index in [1.54, 1.807) is 12.0 Å². The van der Waals surface area contributed by atoms with Crippen LogP contribution in [-0.4, -0.2) is 24.5 Å². The van der Waals surface area contributed by atoms with Crippen LogP contribution >= 0.6 is 0 Å². The molecule has 4 heteroatoms. The van der Waals surface area contributed by atoms with Crippen LogP contribution in [-0.2, 0) is 6.42 Å². The van der Waals surface area contributed by atoms with Crippen molar-refractivity contribution in [1.82, 2.24) is 4.98 Å². The third-order valence-electron chi connectivity index (χ3n) is 4.48. The van der Waals surface area contributed by atoms with Crippen LogP contribution in [0.4, 0.5) is 5.82 Å². The number of carbonyl (C=O) groups excluding carboxylic acids is 1. The highest BCUT2D eigenvalue weighted by Gasteiger charge is 2.27. The zero-order chi connectivity index (χ0) is 16.7. The van der Waals surface area contributed by atoms with Crippen LogP contribution in [0.1, 0.15) is 21.5 Å². The molecule has 24 heavy (non-hydrogen) atoms. The lowest BCUT2D eigenvalue weighted by Gasteiger charge is -2.17. The number of aryl methyl sites for hydroxylation is 1. The third-order valence-corrected chi connectivity index (χ3v) is 4.48. The summed E-state index contributed by atoms with van der Waals surface area (Å²) in [5.41, 5.74) is 3.80. The second-order valence-electron chi connectivity index (χ2n) is 6.10. The molecule has 3 aromatic rings. The van der Waals surface area contributed by atoms with Crippen molar-refractivity contribution in [2.24, 2.45) is 0 Å². The van der Waals surface area contributed by atoms with Gasteiger partial charge in [0.25, 0.3) is 5.91 Å². The molecule has 1 aliphatic rings. The van der Waals surface area contributed by atoms with Crippen molar-refractivity contribution in [3.05, 3.63) is 65.2 Å². The van der Waals surface area contributed by atoms with Gasteiger partial charge in [0.2, 0.25) is 0 Å². The Morgan fingerprint density at radius 3 is 2.67 bits per heavy atom. The quantitative estimate of drug-likeness (QED) is 0.722. The number of hydrogen-bond acceptors (Lipinski definition) is 3. The summed E-state index contributed by atoms with van der Waals surface area (Å²) in [6, 6.07) is 15.6. The molecule has 2 aromatic carbocycles. The fourth-order valence-electron chi connectivity index (χ4n) is 3.11. The Labute approximate surface area is 140 Å². The van der Waals surface area contributed by atoms with Crippen LogP contribution in [0.15, 0.2) is 48.5 Å². The van der Waals surface area contributed by atoms with E-state index < -0.39 is 0 Å². The van der Waals surface area contributed by atoms with Gasteiger partial charge >= 0.3 is 0 Å². The summed E-state index contributed by atoms with van der Waals surface area (Å²) in [5, 5.41) is 1.07. The van der Waals surface area contributed by atoms with Gasteiger partial charge in [-0.05, 0) is 49.2 Å². The van der Waals surface area contributed by atoms with Crippen LogP contribution < -0.4 is 9.64 Å². The van der Waals surface area contributed by atoms with Gasteiger partial charge in [-0.15, -0.1) is 0 Å². The molecule has 0 bridgehead atoms. The highest BCUT2D eigenvalue weighted by Crippen LogP contribution is 2.31. The molecule has 1 aliphatic heterocycles. The smallest absolute Gasteiger partial charge is 0.259 e. The summed E-state index contributed by atoms with van der Waals surface area (Å²) in [5.74, 6) is 1.54. The number of carbonyl (C=O) groups is 1. The molecule has 0 fully saturated rings. The third kappa shape index (κ3) is 2.40. The lowest BCUT2D eigenvalue weighted by atomic mass is 10.1. The minimum atomic E-state index is 0.00324. The molecule has 0 saturated heterocycles. The van der Waals surface area contributed by atoms with Crippen molar-refractivity contribution < 1.29 is 9.53 Å². The van der Waals surface area contributed by atoms with E-state index in [4.69, 9.17) is 9.72 Å². The second-order valence-corrected chi connectivity index (χ2v) is 6.10. The maximum Gasteiger partial charge on any atom is 0.259 e. The number of anilines is 1. The Kier molecular flexibility index (Phi) is 3.45.